The molecule has 1 aromatic carbocycles. The average molecular weight is 285 g/mol. The third-order valence-corrected chi connectivity index (χ3v) is 3.46. The number of nitrogens with one attached hydrogen (secondary N) is 2. The fourth-order valence-corrected chi connectivity index (χ4v) is 2.38. The van der Waals surface area contributed by atoms with E-state index in [0.29, 0.717) is 5.11 Å². The molecule has 0 aliphatic rings. The fraction of sp³-hybridized carbons (Fsp3) is 0.250. The third kappa shape index (κ3) is 3.54. The molecule has 2 N–H and O–H groups in total. The van der Waals surface area contributed by atoms with E-state index in [1.165, 1.54) is 11.1 Å². The number of pyridine rings is 1. The fourth-order valence-electron chi connectivity index (χ4n) is 2.11. The number of thiocarbonyl (C=S) groups is 1. The lowest BCUT2D eigenvalue weighted by molar-refractivity contribution is 0.717. The average Bonchev–Trinajstić information content (AvgIpc) is 2.41. The summed E-state index contributed by atoms with van der Waals surface area (Å²) in [7, 11) is 0. The second-order valence-electron chi connectivity index (χ2n) is 4.85. The molecule has 4 heteroatoms. The zero-order chi connectivity index (χ0) is 14.5. The standard InChI is InChI=1S/C16H19N3S/c1-11-7-4-5-9-14(11)13(3)18-16(20)19-15-12(2)8-6-10-17-15/h4-10,13H,1-3H3,(H2,17,18,19,20). The zero-order valence-corrected chi connectivity index (χ0v) is 12.8. The summed E-state index contributed by atoms with van der Waals surface area (Å²) in [4.78, 5) is 4.28. The number of aryl methyl sites for hydroxylation is 2. The van der Waals surface area contributed by atoms with Gasteiger partial charge in [0.2, 0.25) is 0 Å². The Labute approximate surface area is 125 Å². The topological polar surface area (TPSA) is 37.0 Å². The van der Waals surface area contributed by atoms with E-state index in [1.807, 2.05) is 31.2 Å². The van der Waals surface area contributed by atoms with Crippen LogP contribution in [0.3, 0.4) is 0 Å². The van der Waals surface area contributed by atoms with Gasteiger partial charge in [-0.3, -0.25) is 0 Å². The van der Waals surface area contributed by atoms with Crippen LogP contribution >= 0.6 is 12.2 Å². The number of anilines is 1. The van der Waals surface area contributed by atoms with Gasteiger partial charge in [0.1, 0.15) is 5.82 Å². The summed E-state index contributed by atoms with van der Waals surface area (Å²) in [5.41, 5.74) is 3.57. The zero-order valence-electron chi connectivity index (χ0n) is 12.0. The first kappa shape index (κ1) is 14.5. The van der Waals surface area contributed by atoms with E-state index < -0.39 is 0 Å². The Morgan fingerprint density at radius 2 is 1.80 bits per heavy atom. The van der Waals surface area contributed by atoms with Crippen molar-refractivity contribution in [3.8, 4) is 0 Å². The van der Waals surface area contributed by atoms with Gasteiger partial charge in [-0.1, -0.05) is 30.3 Å². The molecule has 2 aromatic rings. The smallest absolute Gasteiger partial charge is 0.172 e. The highest BCUT2D eigenvalue weighted by atomic mass is 32.1. The molecule has 0 saturated heterocycles. The highest BCUT2D eigenvalue weighted by molar-refractivity contribution is 7.80. The summed E-state index contributed by atoms with van der Waals surface area (Å²) in [5, 5.41) is 7.02. The van der Waals surface area contributed by atoms with E-state index in [-0.39, 0.29) is 6.04 Å². The number of benzene rings is 1. The van der Waals surface area contributed by atoms with Crippen LogP contribution in [0.25, 0.3) is 0 Å². The van der Waals surface area contributed by atoms with Crippen molar-refractivity contribution in [1.29, 1.82) is 0 Å². The Balaban J connectivity index is 2.02. The molecule has 0 amide bonds. The molecule has 2 rings (SSSR count). The predicted molar refractivity (Wildman–Crippen MR) is 87.9 cm³/mol. The summed E-state index contributed by atoms with van der Waals surface area (Å²) >= 11 is 5.35. The lowest BCUT2D eigenvalue weighted by atomic mass is 10.0. The molecule has 1 heterocycles. The van der Waals surface area contributed by atoms with Crippen molar-refractivity contribution in [3.05, 3.63) is 59.3 Å². The van der Waals surface area contributed by atoms with Gasteiger partial charge in [-0.25, -0.2) is 4.98 Å². The van der Waals surface area contributed by atoms with E-state index in [0.717, 1.165) is 11.4 Å². The molecular weight excluding hydrogens is 266 g/mol. The Hall–Kier alpha value is -1.94. The molecule has 1 unspecified atom stereocenters. The van der Waals surface area contributed by atoms with Crippen molar-refractivity contribution < 1.29 is 0 Å². The number of rotatable bonds is 3. The Morgan fingerprint density at radius 1 is 1.10 bits per heavy atom. The van der Waals surface area contributed by atoms with Crippen molar-refractivity contribution >= 4 is 23.1 Å². The van der Waals surface area contributed by atoms with Gasteiger partial charge >= 0.3 is 0 Å². The molecule has 104 valence electrons. The summed E-state index contributed by atoms with van der Waals surface area (Å²) in [5.74, 6) is 0.794. The molecule has 0 radical (unpaired) electrons. The van der Waals surface area contributed by atoms with Gasteiger partial charge in [0.15, 0.2) is 5.11 Å². The van der Waals surface area contributed by atoms with Crippen LogP contribution in [0.4, 0.5) is 5.82 Å². The monoisotopic (exact) mass is 285 g/mol. The van der Waals surface area contributed by atoms with Gasteiger partial charge in [0.25, 0.3) is 0 Å². The van der Waals surface area contributed by atoms with Crippen molar-refractivity contribution in [2.75, 3.05) is 5.32 Å². The summed E-state index contributed by atoms with van der Waals surface area (Å²) in [6.07, 6.45) is 1.75. The van der Waals surface area contributed by atoms with Gasteiger partial charge in [0.05, 0.1) is 6.04 Å². The molecule has 0 spiro atoms. The minimum Gasteiger partial charge on any atom is -0.356 e. The molecule has 0 aliphatic carbocycles. The molecule has 0 saturated carbocycles. The first-order chi connectivity index (χ1) is 9.58. The quantitative estimate of drug-likeness (QED) is 0.842. The van der Waals surface area contributed by atoms with Crippen molar-refractivity contribution in [1.82, 2.24) is 10.3 Å². The molecule has 1 atom stereocenters. The predicted octanol–water partition coefficient (Wildman–Crippen LogP) is 3.75. The maximum atomic E-state index is 5.35. The van der Waals surface area contributed by atoms with E-state index in [1.54, 1.807) is 6.20 Å². The second-order valence-corrected chi connectivity index (χ2v) is 5.25. The van der Waals surface area contributed by atoms with Crippen LogP contribution in [0.2, 0.25) is 0 Å². The first-order valence-electron chi connectivity index (χ1n) is 6.62. The van der Waals surface area contributed by atoms with Crippen LogP contribution in [0.1, 0.15) is 29.7 Å². The molecule has 0 fully saturated rings. The maximum absolute atomic E-state index is 5.35. The highest BCUT2D eigenvalue weighted by Crippen LogP contribution is 2.17. The third-order valence-electron chi connectivity index (χ3n) is 3.24. The molecule has 20 heavy (non-hydrogen) atoms. The second kappa shape index (κ2) is 6.48. The highest BCUT2D eigenvalue weighted by Gasteiger charge is 2.09. The minimum absolute atomic E-state index is 0.153. The lowest BCUT2D eigenvalue weighted by Crippen LogP contribution is -2.31. The van der Waals surface area contributed by atoms with Gasteiger partial charge in [-0.15, -0.1) is 0 Å². The van der Waals surface area contributed by atoms with Gasteiger partial charge < -0.3 is 10.6 Å². The van der Waals surface area contributed by atoms with E-state index in [9.17, 15) is 0 Å². The molecular formula is C16H19N3S. The van der Waals surface area contributed by atoms with Crippen molar-refractivity contribution in [2.45, 2.75) is 26.8 Å². The van der Waals surface area contributed by atoms with E-state index in [2.05, 4.69) is 41.6 Å². The maximum Gasteiger partial charge on any atom is 0.172 e. The van der Waals surface area contributed by atoms with Gasteiger partial charge in [-0.05, 0) is 55.7 Å². The minimum atomic E-state index is 0.153. The normalized spacial score (nSPS) is 11.8. The SMILES string of the molecule is Cc1ccccc1C(C)NC(=S)Nc1ncccc1C. The summed E-state index contributed by atoms with van der Waals surface area (Å²) in [6.45, 7) is 6.21. The molecule has 1 aromatic heterocycles. The van der Waals surface area contributed by atoms with Crippen LogP contribution in [-0.2, 0) is 0 Å². The molecule has 3 nitrogen and oxygen atoms in total. The van der Waals surface area contributed by atoms with E-state index >= 15 is 0 Å². The Morgan fingerprint density at radius 3 is 2.50 bits per heavy atom. The van der Waals surface area contributed by atoms with Gasteiger partial charge in [0, 0.05) is 6.20 Å². The van der Waals surface area contributed by atoms with Crippen molar-refractivity contribution in [2.24, 2.45) is 0 Å². The molecule has 0 aliphatic heterocycles. The number of hydrogen-bond donors (Lipinski definition) is 2. The molecule has 0 bridgehead atoms. The Kier molecular flexibility index (Phi) is 4.69. The van der Waals surface area contributed by atoms with Crippen molar-refractivity contribution in [3.63, 3.8) is 0 Å². The summed E-state index contributed by atoms with van der Waals surface area (Å²) < 4.78 is 0. The van der Waals surface area contributed by atoms with Crippen LogP contribution in [0.15, 0.2) is 42.6 Å². The van der Waals surface area contributed by atoms with Crippen LogP contribution < -0.4 is 10.6 Å². The van der Waals surface area contributed by atoms with Crippen LogP contribution in [-0.4, -0.2) is 10.1 Å². The van der Waals surface area contributed by atoms with Crippen LogP contribution in [0, 0.1) is 13.8 Å². The van der Waals surface area contributed by atoms with Crippen LogP contribution in [0.5, 0.6) is 0 Å². The Bertz CT molecular complexity index is 610. The first-order valence-corrected chi connectivity index (χ1v) is 7.03. The summed E-state index contributed by atoms with van der Waals surface area (Å²) in [6, 6.07) is 12.4. The number of hydrogen-bond acceptors (Lipinski definition) is 2. The van der Waals surface area contributed by atoms with E-state index in [4.69, 9.17) is 12.2 Å². The number of aromatic nitrogens is 1. The lowest BCUT2D eigenvalue weighted by Gasteiger charge is -2.19. The van der Waals surface area contributed by atoms with Gasteiger partial charge in [-0.2, -0.15) is 0 Å². The number of nitrogens with zero attached hydrogens (tertiary/aromatic N) is 1. The largest absolute Gasteiger partial charge is 0.356 e.